The Kier molecular flexibility index (Phi) is 4.50. The summed E-state index contributed by atoms with van der Waals surface area (Å²) in [5, 5.41) is 0. The third-order valence-electron chi connectivity index (χ3n) is 6.14. The van der Waals surface area contributed by atoms with Crippen LogP contribution in [-0.2, 0) is 9.59 Å². The first kappa shape index (κ1) is 16.6. The molecule has 1 aliphatic carbocycles. The molecule has 2 heterocycles. The summed E-state index contributed by atoms with van der Waals surface area (Å²) in [6.45, 7) is 2.40. The van der Waals surface area contributed by atoms with Crippen LogP contribution in [0.5, 0.6) is 0 Å². The molecule has 5 nitrogen and oxygen atoms in total. The fraction of sp³-hybridized carbons (Fsp3) is 0.600. The van der Waals surface area contributed by atoms with Crippen molar-refractivity contribution in [2.45, 2.75) is 50.5 Å². The van der Waals surface area contributed by atoms with E-state index in [1.54, 1.807) is 0 Å². The molecule has 1 saturated heterocycles. The number of fused-ring (bicyclic) bond motifs is 1. The zero-order chi connectivity index (χ0) is 17.4. The van der Waals surface area contributed by atoms with Crippen molar-refractivity contribution in [1.29, 1.82) is 0 Å². The number of benzene rings is 1. The first-order valence-corrected chi connectivity index (χ1v) is 9.59. The molecular formula is C20H27N3O2. The van der Waals surface area contributed by atoms with Gasteiger partial charge in [-0.1, -0.05) is 24.6 Å². The predicted molar refractivity (Wildman–Crippen MR) is 97.3 cm³/mol. The van der Waals surface area contributed by atoms with Gasteiger partial charge in [0.15, 0.2) is 0 Å². The van der Waals surface area contributed by atoms with Gasteiger partial charge in [-0.15, -0.1) is 0 Å². The number of para-hydroxylation sites is 1. The number of nitrogens with zero attached hydrogens (tertiary/aromatic N) is 2. The van der Waals surface area contributed by atoms with E-state index >= 15 is 0 Å². The molecule has 1 aromatic carbocycles. The summed E-state index contributed by atoms with van der Waals surface area (Å²) >= 11 is 0. The fourth-order valence-corrected chi connectivity index (χ4v) is 4.70. The Bertz CT molecular complexity index is 675. The molecule has 25 heavy (non-hydrogen) atoms. The first-order valence-electron chi connectivity index (χ1n) is 9.59. The van der Waals surface area contributed by atoms with Gasteiger partial charge in [0.1, 0.15) is 0 Å². The lowest BCUT2D eigenvalue weighted by Crippen LogP contribution is -2.41. The van der Waals surface area contributed by atoms with E-state index in [0.717, 1.165) is 57.4 Å². The second kappa shape index (κ2) is 6.79. The maximum Gasteiger partial charge on any atom is 0.231 e. The van der Waals surface area contributed by atoms with E-state index in [4.69, 9.17) is 5.73 Å². The van der Waals surface area contributed by atoms with Crippen LogP contribution in [0.25, 0.3) is 0 Å². The van der Waals surface area contributed by atoms with Gasteiger partial charge in [-0.2, -0.15) is 0 Å². The SMILES string of the molecule is N[C@@H]1CCC[C@H]1C(=O)N1C[C@@H](CCN2CCCC2=O)c2ccccc21. The van der Waals surface area contributed by atoms with Crippen molar-refractivity contribution in [3.63, 3.8) is 0 Å². The normalized spacial score (nSPS) is 28.7. The predicted octanol–water partition coefficient (Wildman–Crippen LogP) is 2.26. The minimum atomic E-state index is -0.0352. The van der Waals surface area contributed by atoms with Gasteiger partial charge >= 0.3 is 0 Å². The molecule has 5 heteroatoms. The van der Waals surface area contributed by atoms with Crippen LogP contribution >= 0.6 is 0 Å². The molecule has 0 spiro atoms. The molecule has 2 aliphatic heterocycles. The van der Waals surface area contributed by atoms with E-state index in [2.05, 4.69) is 12.1 Å². The van der Waals surface area contributed by atoms with Crippen molar-refractivity contribution in [3.05, 3.63) is 29.8 Å². The van der Waals surface area contributed by atoms with Crippen LogP contribution in [0.2, 0.25) is 0 Å². The summed E-state index contributed by atoms with van der Waals surface area (Å²) in [5.74, 6) is 0.742. The molecule has 2 N–H and O–H groups in total. The quantitative estimate of drug-likeness (QED) is 0.913. The second-order valence-electron chi connectivity index (χ2n) is 7.68. The van der Waals surface area contributed by atoms with E-state index in [1.807, 2.05) is 21.9 Å². The van der Waals surface area contributed by atoms with Crippen molar-refractivity contribution in [1.82, 2.24) is 4.90 Å². The second-order valence-corrected chi connectivity index (χ2v) is 7.68. The van der Waals surface area contributed by atoms with Gasteiger partial charge in [0, 0.05) is 43.7 Å². The van der Waals surface area contributed by atoms with E-state index in [9.17, 15) is 9.59 Å². The summed E-state index contributed by atoms with van der Waals surface area (Å²) in [6, 6.07) is 8.23. The van der Waals surface area contributed by atoms with Gasteiger partial charge in [-0.3, -0.25) is 9.59 Å². The molecular weight excluding hydrogens is 314 g/mol. The Morgan fingerprint density at radius 2 is 2.04 bits per heavy atom. The van der Waals surface area contributed by atoms with Crippen molar-refractivity contribution in [2.24, 2.45) is 11.7 Å². The van der Waals surface area contributed by atoms with Crippen LogP contribution in [0.4, 0.5) is 5.69 Å². The minimum Gasteiger partial charge on any atom is -0.343 e. The Labute approximate surface area is 149 Å². The van der Waals surface area contributed by atoms with Gasteiger partial charge in [0.25, 0.3) is 0 Å². The zero-order valence-electron chi connectivity index (χ0n) is 14.7. The van der Waals surface area contributed by atoms with Gasteiger partial charge in [-0.25, -0.2) is 0 Å². The largest absolute Gasteiger partial charge is 0.343 e. The number of carbonyl (C=O) groups is 2. The smallest absolute Gasteiger partial charge is 0.231 e. The zero-order valence-corrected chi connectivity index (χ0v) is 14.7. The first-order chi connectivity index (χ1) is 12.1. The lowest BCUT2D eigenvalue weighted by atomic mass is 9.98. The fourth-order valence-electron chi connectivity index (χ4n) is 4.70. The van der Waals surface area contributed by atoms with Gasteiger partial charge in [-0.05, 0) is 37.3 Å². The number of rotatable bonds is 4. The number of nitrogens with two attached hydrogens (primary N) is 1. The summed E-state index contributed by atoms with van der Waals surface area (Å²) in [7, 11) is 0. The Balaban J connectivity index is 1.49. The van der Waals surface area contributed by atoms with E-state index in [0.29, 0.717) is 12.3 Å². The molecule has 0 bridgehead atoms. The number of anilines is 1. The molecule has 2 fully saturated rings. The molecule has 0 unspecified atom stereocenters. The molecule has 3 atom stereocenters. The highest BCUT2D eigenvalue weighted by atomic mass is 16.2. The molecule has 1 aromatic rings. The topological polar surface area (TPSA) is 66.6 Å². The van der Waals surface area contributed by atoms with E-state index in [1.165, 1.54) is 5.56 Å². The third kappa shape index (κ3) is 3.06. The van der Waals surface area contributed by atoms with Crippen molar-refractivity contribution in [2.75, 3.05) is 24.5 Å². The van der Waals surface area contributed by atoms with Crippen molar-refractivity contribution < 1.29 is 9.59 Å². The van der Waals surface area contributed by atoms with Crippen molar-refractivity contribution >= 4 is 17.5 Å². The maximum atomic E-state index is 13.1. The lowest BCUT2D eigenvalue weighted by Gasteiger charge is -2.24. The molecule has 3 aliphatic rings. The molecule has 0 radical (unpaired) electrons. The van der Waals surface area contributed by atoms with Crippen LogP contribution in [0, 0.1) is 5.92 Å². The van der Waals surface area contributed by atoms with Crippen LogP contribution in [-0.4, -0.2) is 42.4 Å². The van der Waals surface area contributed by atoms with E-state index in [-0.39, 0.29) is 23.8 Å². The average Bonchev–Trinajstić information content (AvgIpc) is 3.31. The van der Waals surface area contributed by atoms with Crippen molar-refractivity contribution in [3.8, 4) is 0 Å². The van der Waals surface area contributed by atoms with Crippen LogP contribution in [0.1, 0.15) is 50.0 Å². The summed E-state index contributed by atoms with van der Waals surface area (Å²) in [6.07, 6.45) is 5.49. The van der Waals surface area contributed by atoms with Gasteiger partial charge in [0.2, 0.25) is 11.8 Å². The highest BCUT2D eigenvalue weighted by Gasteiger charge is 2.39. The molecule has 1 saturated carbocycles. The monoisotopic (exact) mass is 341 g/mol. The standard InChI is InChI=1S/C20H27N3O2/c21-17-7-3-6-16(17)20(25)23-13-14(15-5-1-2-8-18(15)23)10-12-22-11-4-9-19(22)24/h1-2,5,8,14,16-17H,3-4,6-7,9-13,21H2/t14-,16-,17-/m1/s1. The molecule has 2 amide bonds. The van der Waals surface area contributed by atoms with Crippen LogP contribution in [0.3, 0.4) is 0 Å². The van der Waals surface area contributed by atoms with Crippen LogP contribution < -0.4 is 10.6 Å². The number of hydrogen-bond donors (Lipinski definition) is 1. The van der Waals surface area contributed by atoms with Gasteiger partial charge < -0.3 is 15.5 Å². The summed E-state index contributed by atoms with van der Waals surface area (Å²) in [5.41, 5.74) is 8.46. The highest BCUT2D eigenvalue weighted by Crippen LogP contribution is 2.40. The summed E-state index contributed by atoms with van der Waals surface area (Å²) in [4.78, 5) is 28.8. The van der Waals surface area contributed by atoms with Crippen LogP contribution in [0.15, 0.2) is 24.3 Å². The Hall–Kier alpha value is -1.88. The number of hydrogen-bond acceptors (Lipinski definition) is 3. The average molecular weight is 341 g/mol. The van der Waals surface area contributed by atoms with Gasteiger partial charge in [0.05, 0.1) is 5.92 Å². The number of carbonyl (C=O) groups excluding carboxylic acids is 2. The minimum absolute atomic E-state index is 0.000865. The Morgan fingerprint density at radius 1 is 1.20 bits per heavy atom. The highest BCUT2D eigenvalue weighted by molar-refractivity contribution is 5.98. The van der Waals surface area contributed by atoms with E-state index < -0.39 is 0 Å². The molecule has 134 valence electrons. The number of likely N-dealkylation sites (tertiary alicyclic amines) is 1. The molecule has 0 aromatic heterocycles. The Morgan fingerprint density at radius 3 is 2.76 bits per heavy atom. The maximum absolute atomic E-state index is 13.1. The lowest BCUT2D eigenvalue weighted by molar-refractivity contribution is -0.128. The number of amides is 2. The molecule has 4 rings (SSSR count). The third-order valence-corrected chi connectivity index (χ3v) is 6.14. The summed E-state index contributed by atoms with van der Waals surface area (Å²) < 4.78 is 0.